The molecule has 1 aromatic heterocycles. The Hall–Kier alpha value is -3.41. The van der Waals surface area contributed by atoms with E-state index in [9.17, 15) is 4.79 Å². The molecule has 0 aliphatic carbocycles. The Morgan fingerprint density at radius 2 is 1.52 bits per heavy atom. The van der Waals surface area contributed by atoms with Gasteiger partial charge < -0.3 is 9.80 Å². The number of rotatable bonds is 6. The summed E-state index contributed by atoms with van der Waals surface area (Å²) in [6.45, 7) is 4.16. The maximum Gasteiger partial charge on any atom is 0.213 e. The van der Waals surface area contributed by atoms with Gasteiger partial charge in [0.1, 0.15) is 18.4 Å². The molecule has 2 saturated heterocycles. The Bertz CT molecular complexity index is 1090. The van der Waals surface area contributed by atoms with Crippen molar-refractivity contribution < 1.29 is 4.79 Å². The minimum atomic E-state index is -0.0323. The molecule has 0 amide bonds. The van der Waals surface area contributed by atoms with Crippen molar-refractivity contribution in [2.75, 3.05) is 36.0 Å². The van der Waals surface area contributed by atoms with Crippen molar-refractivity contribution in [2.24, 2.45) is 0 Å². The number of aromatic nitrogens is 3. The van der Waals surface area contributed by atoms with E-state index >= 15 is 0 Å². The molecule has 33 heavy (non-hydrogen) atoms. The highest BCUT2D eigenvalue weighted by atomic mass is 16.1. The zero-order chi connectivity index (χ0) is 22.5. The molecule has 0 spiro atoms. The van der Waals surface area contributed by atoms with Crippen molar-refractivity contribution in [1.29, 1.82) is 0 Å². The third-order valence-corrected chi connectivity index (χ3v) is 6.65. The first-order chi connectivity index (χ1) is 16.3. The van der Waals surface area contributed by atoms with E-state index in [2.05, 4.69) is 32.0 Å². The first-order valence-electron chi connectivity index (χ1n) is 12.1. The number of nitrogens with zero attached hydrogens (tertiary/aromatic N) is 5. The topological polar surface area (TPSA) is 54.3 Å². The molecule has 6 heteroatoms. The second-order valence-electron chi connectivity index (χ2n) is 8.91. The van der Waals surface area contributed by atoms with Gasteiger partial charge in [0, 0.05) is 37.4 Å². The molecule has 170 valence electrons. The van der Waals surface area contributed by atoms with E-state index in [1.54, 1.807) is 11.0 Å². The number of ketones is 1. The standard InChI is InChI=1S/C27H31N5O/c33-27(26(32-21-28-20-29-32)18-22-10-4-1-5-11-22)24-13-12-23(30-14-6-2-7-15-30)19-25(24)31-16-8-3-9-17-31/h1,4-5,10-13,18-21H,2-3,6-9,14-17H2/b26-18-. The van der Waals surface area contributed by atoms with Gasteiger partial charge in [-0.3, -0.25) is 4.79 Å². The van der Waals surface area contributed by atoms with Crippen molar-refractivity contribution in [1.82, 2.24) is 14.8 Å². The summed E-state index contributed by atoms with van der Waals surface area (Å²) in [6, 6.07) is 16.3. The van der Waals surface area contributed by atoms with Crippen LogP contribution in [0, 0.1) is 0 Å². The Balaban J connectivity index is 1.56. The minimum Gasteiger partial charge on any atom is -0.371 e. The zero-order valence-electron chi connectivity index (χ0n) is 19.1. The van der Waals surface area contributed by atoms with E-state index in [1.807, 2.05) is 42.5 Å². The average Bonchev–Trinajstić information content (AvgIpc) is 3.43. The Kier molecular flexibility index (Phi) is 6.51. The summed E-state index contributed by atoms with van der Waals surface area (Å²) in [4.78, 5) is 22.9. The number of carbonyl (C=O) groups excluding carboxylic acids is 1. The second-order valence-corrected chi connectivity index (χ2v) is 8.91. The average molecular weight is 442 g/mol. The molecule has 2 fully saturated rings. The summed E-state index contributed by atoms with van der Waals surface area (Å²) in [5.41, 5.74) is 4.46. The van der Waals surface area contributed by atoms with Gasteiger partial charge in [0.05, 0.1) is 5.69 Å². The van der Waals surface area contributed by atoms with E-state index in [4.69, 9.17) is 0 Å². The summed E-state index contributed by atoms with van der Waals surface area (Å²) >= 11 is 0. The predicted octanol–water partition coefficient (Wildman–Crippen LogP) is 5.14. The van der Waals surface area contributed by atoms with Gasteiger partial charge in [0.25, 0.3) is 0 Å². The zero-order valence-corrected chi connectivity index (χ0v) is 19.1. The molecule has 0 atom stereocenters. The second kappa shape index (κ2) is 10.0. The lowest BCUT2D eigenvalue weighted by molar-refractivity contribution is 0.105. The van der Waals surface area contributed by atoms with Crippen LogP contribution in [0.3, 0.4) is 0 Å². The van der Waals surface area contributed by atoms with Gasteiger partial charge in [-0.2, -0.15) is 5.10 Å². The van der Waals surface area contributed by atoms with Crippen molar-refractivity contribution in [3.8, 4) is 0 Å². The predicted molar refractivity (Wildman–Crippen MR) is 134 cm³/mol. The molecule has 2 aliphatic rings. The maximum atomic E-state index is 14.0. The summed E-state index contributed by atoms with van der Waals surface area (Å²) in [7, 11) is 0. The van der Waals surface area contributed by atoms with Gasteiger partial charge in [-0.25, -0.2) is 9.67 Å². The molecule has 3 heterocycles. The normalized spacial score (nSPS) is 17.3. The van der Waals surface area contributed by atoms with Crippen LogP contribution < -0.4 is 9.80 Å². The van der Waals surface area contributed by atoms with Crippen LogP contribution in [0.5, 0.6) is 0 Å². The third kappa shape index (κ3) is 4.85. The Morgan fingerprint density at radius 1 is 0.818 bits per heavy atom. The summed E-state index contributed by atoms with van der Waals surface area (Å²) < 4.78 is 1.58. The molecular formula is C27H31N5O. The van der Waals surface area contributed by atoms with Crippen molar-refractivity contribution in [3.63, 3.8) is 0 Å². The smallest absolute Gasteiger partial charge is 0.213 e. The van der Waals surface area contributed by atoms with Crippen LogP contribution in [0.1, 0.15) is 54.4 Å². The number of hydrogen-bond donors (Lipinski definition) is 0. The number of piperidine rings is 2. The van der Waals surface area contributed by atoms with Crippen molar-refractivity contribution in [2.45, 2.75) is 38.5 Å². The van der Waals surface area contributed by atoms with Gasteiger partial charge >= 0.3 is 0 Å². The first-order valence-corrected chi connectivity index (χ1v) is 12.1. The number of anilines is 2. The molecule has 5 rings (SSSR count). The number of carbonyl (C=O) groups is 1. The minimum absolute atomic E-state index is 0.0323. The molecule has 3 aromatic rings. The van der Waals surface area contributed by atoms with E-state index in [-0.39, 0.29) is 5.78 Å². The van der Waals surface area contributed by atoms with E-state index in [0.717, 1.165) is 55.8 Å². The Morgan fingerprint density at radius 3 is 2.18 bits per heavy atom. The van der Waals surface area contributed by atoms with Crippen molar-refractivity contribution >= 4 is 28.9 Å². The lowest BCUT2D eigenvalue weighted by Crippen LogP contribution is -2.32. The van der Waals surface area contributed by atoms with Crippen LogP contribution >= 0.6 is 0 Å². The molecule has 0 N–H and O–H groups in total. The third-order valence-electron chi connectivity index (χ3n) is 6.65. The summed E-state index contributed by atoms with van der Waals surface area (Å²) in [6.07, 6.45) is 12.3. The highest BCUT2D eigenvalue weighted by Crippen LogP contribution is 2.33. The lowest BCUT2D eigenvalue weighted by atomic mass is 10.00. The first kappa shape index (κ1) is 21.4. The largest absolute Gasteiger partial charge is 0.371 e. The number of hydrogen-bond acceptors (Lipinski definition) is 5. The summed E-state index contributed by atoms with van der Waals surface area (Å²) in [5, 5.41) is 4.29. The quantitative estimate of drug-likeness (QED) is 0.392. The van der Waals surface area contributed by atoms with Crippen LogP contribution in [0.4, 0.5) is 11.4 Å². The molecule has 0 unspecified atom stereocenters. The van der Waals surface area contributed by atoms with Gasteiger partial charge in [-0.05, 0) is 68.4 Å². The number of benzene rings is 2. The summed E-state index contributed by atoms with van der Waals surface area (Å²) in [5.74, 6) is -0.0323. The van der Waals surface area contributed by atoms with Crippen LogP contribution in [-0.4, -0.2) is 46.7 Å². The maximum absolute atomic E-state index is 14.0. The fourth-order valence-electron chi connectivity index (χ4n) is 4.87. The molecule has 2 aliphatic heterocycles. The number of Topliss-reactive ketones (excluding diaryl/α,β-unsaturated/α-hetero) is 1. The molecule has 2 aromatic carbocycles. The number of allylic oxidation sites excluding steroid dienone is 1. The fraction of sp³-hybridized carbons (Fsp3) is 0.370. The highest BCUT2D eigenvalue weighted by molar-refractivity contribution is 6.29. The SMILES string of the molecule is O=C(/C(=C/c1ccccc1)n1cncn1)c1ccc(N2CCCCC2)cc1N1CCCCC1. The van der Waals surface area contributed by atoms with Gasteiger partial charge in [0.2, 0.25) is 5.78 Å². The van der Waals surface area contributed by atoms with E-state index < -0.39 is 0 Å². The van der Waals surface area contributed by atoms with Crippen molar-refractivity contribution in [3.05, 3.63) is 72.3 Å². The Labute approximate surface area is 195 Å². The van der Waals surface area contributed by atoms with Gasteiger partial charge in [0.15, 0.2) is 0 Å². The molecular weight excluding hydrogens is 410 g/mol. The van der Waals surface area contributed by atoms with Crippen LogP contribution in [0.15, 0.2) is 61.2 Å². The van der Waals surface area contributed by atoms with Crippen LogP contribution in [-0.2, 0) is 0 Å². The molecule has 0 saturated carbocycles. The molecule has 6 nitrogen and oxygen atoms in total. The molecule has 0 radical (unpaired) electrons. The molecule has 0 bridgehead atoms. The van der Waals surface area contributed by atoms with Crippen LogP contribution in [0.2, 0.25) is 0 Å². The lowest BCUT2D eigenvalue weighted by Gasteiger charge is -2.33. The monoisotopic (exact) mass is 441 g/mol. The van der Waals surface area contributed by atoms with Crippen LogP contribution in [0.25, 0.3) is 11.8 Å². The highest BCUT2D eigenvalue weighted by Gasteiger charge is 2.24. The fourth-order valence-corrected chi connectivity index (χ4v) is 4.87. The van der Waals surface area contributed by atoms with E-state index in [0.29, 0.717) is 5.70 Å². The van der Waals surface area contributed by atoms with Gasteiger partial charge in [-0.15, -0.1) is 0 Å². The van der Waals surface area contributed by atoms with E-state index in [1.165, 1.54) is 37.7 Å². The van der Waals surface area contributed by atoms with Gasteiger partial charge in [-0.1, -0.05) is 30.3 Å².